The van der Waals surface area contributed by atoms with Gasteiger partial charge in [-0.15, -0.1) is 0 Å². The van der Waals surface area contributed by atoms with E-state index >= 15 is 0 Å². The van der Waals surface area contributed by atoms with Gasteiger partial charge >= 0.3 is 5.97 Å². The Balaban J connectivity index is 2.72. The van der Waals surface area contributed by atoms with Crippen molar-refractivity contribution in [2.45, 2.75) is 58.8 Å². The maximum Gasteiger partial charge on any atom is 0.303 e. The maximum atomic E-state index is 11.0. The van der Waals surface area contributed by atoms with Crippen LogP contribution in [-0.4, -0.2) is 17.6 Å². The van der Waals surface area contributed by atoms with Gasteiger partial charge in [0.2, 0.25) is 0 Å². The van der Waals surface area contributed by atoms with Gasteiger partial charge in [0.25, 0.3) is 0 Å². The van der Waals surface area contributed by atoms with Gasteiger partial charge in [0.1, 0.15) is 0 Å². The van der Waals surface area contributed by atoms with E-state index in [1.165, 1.54) is 25.7 Å². The highest BCUT2D eigenvalue weighted by Crippen LogP contribution is 2.50. The number of hydrogen-bond acceptors (Lipinski definition) is 2. The molecule has 1 aliphatic rings. The van der Waals surface area contributed by atoms with E-state index in [2.05, 4.69) is 13.8 Å². The lowest BCUT2D eigenvalue weighted by molar-refractivity contribution is -0.139. The van der Waals surface area contributed by atoms with Crippen LogP contribution in [0, 0.1) is 17.3 Å². The van der Waals surface area contributed by atoms with Gasteiger partial charge < -0.3 is 10.8 Å². The Kier molecular flexibility index (Phi) is 5.44. The van der Waals surface area contributed by atoms with E-state index < -0.39 is 5.97 Å². The van der Waals surface area contributed by atoms with Gasteiger partial charge in [-0.05, 0) is 36.6 Å². The van der Waals surface area contributed by atoms with Crippen molar-refractivity contribution in [3.63, 3.8) is 0 Å². The molecule has 0 amide bonds. The van der Waals surface area contributed by atoms with E-state index in [1.54, 1.807) is 0 Å². The fourth-order valence-corrected chi connectivity index (χ4v) is 3.65. The Bertz CT molecular complexity index is 239. The summed E-state index contributed by atoms with van der Waals surface area (Å²) < 4.78 is 0. The Labute approximate surface area is 105 Å². The smallest absolute Gasteiger partial charge is 0.303 e. The number of nitrogens with two attached hydrogens (primary N) is 1. The van der Waals surface area contributed by atoms with Crippen LogP contribution in [0.5, 0.6) is 0 Å². The molecule has 100 valence electrons. The first kappa shape index (κ1) is 14.5. The SMILES string of the molecule is CCCC1CC(CN)(CC(=O)O)CC1CCC. The summed E-state index contributed by atoms with van der Waals surface area (Å²) in [6, 6.07) is 0. The zero-order chi connectivity index (χ0) is 12.9. The topological polar surface area (TPSA) is 63.3 Å². The third kappa shape index (κ3) is 3.70. The third-order valence-corrected chi connectivity index (χ3v) is 4.34. The van der Waals surface area contributed by atoms with Crippen molar-refractivity contribution in [3.05, 3.63) is 0 Å². The van der Waals surface area contributed by atoms with E-state index in [0.717, 1.165) is 12.8 Å². The van der Waals surface area contributed by atoms with E-state index in [-0.39, 0.29) is 11.8 Å². The summed E-state index contributed by atoms with van der Waals surface area (Å²) in [6.07, 6.45) is 7.14. The van der Waals surface area contributed by atoms with Gasteiger partial charge in [0, 0.05) is 0 Å². The first-order valence-electron chi connectivity index (χ1n) is 6.98. The molecule has 3 nitrogen and oxygen atoms in total. The summed E-state index contributed by atoms with van der Waals surface area (Å²) in [7, 11) is 0. The van der Waals surface area contributed by atoms with Crippen molar-refractivity contribution < 1.29 is 9.90 Å². The highest BCUT2D eigenvalue weighted by Gasteiger charge is 2.44. The van der Waals surface area contributed by atoms with Gasteiger partial charge in [-0.1, -0.05) is 39.5 Å². The van der Waals surface area contributed by atoms with E-state index in [1.807, 2.05) is 0 Å². The minimum absolute atomic E-state index is 0.120. The highest BCUT2D eigenvalue weighted by molar-refractivity contribution is 5.67. The second kappa shape index (κ2) is 6.39. The van der Waals surface area contributed by atoms with Gasteiger partial charge in [-0.2, -0.15) is 0 Å². The molecule has 1 saturated carbocycles. The third-order valence-electron chi connectivity index (χ3n) is 4.34. The summed E-state index contributed by atoms with van der Waals surface area (Å²) >= 11 is 0. The molecule has 1 rings (SSSR count). The van der Waals surface area contributed by atoms with Crippen molar-refractivity contribution in [1.82, 2.24) is 0 Å². The fourth-order valence-electron chi connectivity index (χ4n) is 3.65. The quantitative estimate of drug-likeness (QED) is 0.720. The van der Waals surface area contributed by atoms with Crippen molar-refractivity contribution in [3.8, 4) is 0 Å². The molecule has 17 heavy (non-hydrogen) atoms. The van der Waals surface area contributed by atoms with E-state index in [4.69, 9.17) is 10.8 Å². The van der Waals surface area contributed by atoms with Gasteiger partial charge in [-0.25, -0.2) is 0 Å². The van der Waals surface area contributed by atoms with Gasteiger partial charge in [0.05, 0.1) is 6.42 Å². The predicted octanol–water partition coefficient (Wildman–Crippen LogP) is 3.03. The van der Waals surface area contributed by atoms with Crippen molar-refractivity contribution >= 4 is 5.97 Å². The number of carbonyl (C=O) groups is 1. The summed E-state index contributed by atoms with van der Waals surface area (Å²) in [5, 5.41) is 9.05. The van der Waals surface area contributed by atoms with Gasteiger partial charge in [-0.3, -0.25) is 4.79 Å². The number of aliphatic carboxylic acids is 1. The van der Waals surface area contributed by atoms with Crippen LogP contribution in [0.15, 0.2) is 0 Å². The average Bonchev–Trinajstić information content (AvgIpc) is 2.58. The minimum atomic E-state index is -0.692. The van der Waals surface area contributed by atoms with Crippen LogP contribution in [0.25, 0.3) is 0 Å². The highest BCUT2D eigenvalue weighted by atomic mass is 16.4. The second-order valence-corrected chi connectivity index (χ2v) is 5.78. The lowest BCUT2D eigenvalue weighted by atomic mass is 9.81. The zero-order valence-electron chi connectivity index (χ0n) is 11.2. The number of rotatable bonds is 7. The molecule has 0 heterocycles. The van der Waals surface area contributed by atoms with Crippen LogP contribution in [0.2, 0.25) is 0 Å². The minimum Gasteiger partial charge on any atom is -0.481 e. The van der Waals surface area contributed by atoms with Crippen molar-refractivity contribution in [1.29, 1.82) is 0 Å². The number of hydrogen-bond donors (Lipinski definition) is 2. The van der Waals surface area contributed by atoms with Crippen LogP contribution >= 0.6 is 0 Å². The molecule has 0 bridgehead atoms. The summed E-state index contributed by atoms with van der Waals surface area (Å²) in [6.45, 7) is 4.95. The largest absolute Gasteiger partial charge is 0.481 e. The molecule has 2 unspecified atom stereocenters. The van der Waals surface area contributed by atoms with Crippen LogP contribution in [0.1, 0.15) is 58.8 Å². The molecule has 0 aromatic rings. The molecule has 0 aliphatic heterocycles. The summed E-state index contributed by atoms with van der Waals surface area (Å²) in [5.74, 6) is 0.702. The first-order chi connectivity index (χ1) is 8.06. The Morgan fingerprint density at radius 2 is 1.71 bits per heavy atom. The molecule has 3 heteroatoms. The average molecular weight is 241 g/mol. The predicted molar refractivity (Wildman–Crippen MR) is 69.8 cm³/mol. The molecular weight excluding hydrogens is 214 g/mol. The summed E-state index contributed by atoms with van der Waals surface area (Å²) in [4.78, 5) is 11.0. The monoisotopic (exact) mass is 241 g/mol. The normalized spacial score (nSPS) is 32.9. The Morgan fingerprint density at radius 3 is 2.00 bits per heavy atom. The molecule has 0 aromatic carbocycles. The lowest BCUT2D eigenvalue weighted by Crippen LogP contribution is -2.30. The number of carboxylic acid groups (broad SMARTS) is 1. The van der Waals surface area contributed by atoms with E-state index in [0.29, 0.717) is 18.4 Å². The lowest BCUT2D eigenvalue weighted by Gasteiger charge is -2.25. The van der Waals surface area contributed by atoms with Crippen LogP contribution in [0.3, 0.4) is 0 Å². The molecule has 0 radical (unpaired) electrons. The van der Waals surface area contributed by atoms with Crippen LogP contribution in [-0.2, 0) is 4.79 Å². The standard InChI is InChI=1S/C14H27NO2/c1-3-5-11-7-14(10-15,9-13(16)17)8-12(11)6-4-2/h11-12H,3-10,15H2,1-2H3,(H,16,17). The zero-order valence-corrected chi connectivity index (χ0v) is 11.2. The van der Waals surface area contributed by atoms with E-state index in [9.17, 15) is 4.79 Å². The van der Waals surface area contributed by atoms with Crippen molar-refractivity contribution in [2.24, 2.45) is 23.0 Å². The van der Waals surface area contributed by atoms with Crippen LogP contribution < -0.4 is 5.73 Å². The first-order valence-corrected chi connectivity index (χ1v) is 6.98. The Morgan fingerprint density at radius 1 is 1.24 bits per heavy atom. The Hall–Kier alpha value is -0.570. The summed E-state index contributed by atoms with van der Waals surface area (Å²) in [5.41, 5.74) is 5.75. The molecule has 3 N–H and O–H groups in total. The molecule has 0 spiro atoms. The van der Waals surface area contributed by atoms with Crippen molar-refractivity contribution in [2.75, 3.05) is 6.54 Å². The van der Waals surface area contributed by atoms with Crippen LogP contribution in [0.4, 0.5) is 0 Å². The second-order valence-electron chi connectivity index (χ2n) is 5.78. The molecule has 0 aromatic heterocycles. The molecule has 0 saturated heterocycles. The molecule has 2 atom stereocenters. The molecule has 1 aliphatic carbocycles. The molecular formula is C14H27NO2. The fraction of sp³-hybridized carbons (Fsp3) is 0.929. The maximum absolute atomic E-state index is 11.0. The number of carboxylic acids is 1. The molecule has 1 fully saturated rings. The van der Waals surface area contributed by atoms with Gasteiger partial charge in [0.15, 0.2) is 0 Å².